The summed E-state index contributed by atoms with van der Waals surface area (Å²) in [5.41, 5.74) is 5.65. The molecule has 0 radical (unpaired) electrons. The summed E-state index contributed by atoms with van der Waals surface area (Å²) >= 11 is 0. The van der Waals surface area contributed by atoms with Crippen molar-refractivity contribution >= 4 is 33.3 Å². The van der Waals surface area contributed by atoms with Crippen molar-refractivity contribution < 1.29 is 13.0 Å². The van der Waals surface area contributed by atoms with Crippen LogP contribution in [-0.4, -0.2) is 51.6 Å². The fourth-order valence-corrected chi connectivity index (χ4v) is 19.3. The Balaban J connectivity index is 5.88. The molecule has 4 nitrogen and oxygen atoms in total. The number of rotatable bonds is 13. The molecule has 0 aromatic rings. The molecule has 0 bridgehead atoms. The maximum absolute atomic E-state index is 7.03. The third-order valence-electron chi connectivity index (χ3n) is 5.98. The first-order chi connectivity index (χ1) is 12.2. The molecule has 0 saturated carbocycles. The van der Waals surface area contributed by atoms with Gasteiger partial charge >= 0.3 is 0 Å². The largest absolute Gasteiger partial charge is 0.455 e. The summed E-state index contributed by atoms with van der Waals surface area (Å²) in [6.07, 6.45) is 2.84. The van der Waals surface area contributed by atoms with E-state index in [-0.39, 0.29) is 10.6 Å². The Morgan fingerprint density at radius 3 is 1.68 bits per heavy atom. The van der Waals surface area contributed by atoms with Crippen LogP contribution in [0.15, 0.2) is 0 Å². The second-order valence-electron chi connectivity index (χ2n) is 11.8. The molecule has 0 saturated heterocycles. The van der Waals surface area contributed by atoms with Crippen LogP contribution in [0.2, 0.25) is 70.0 Å². The Morgan fingerprint density at radius 1 is 0.821 bits per heavy atom. The molecule has 8 heteroatoms. The van der Waals surface area contributed by atoms with Crippen molar-refractivity contribution in [2.75, 3.05) is 12.8 Å². The molecule has 170 valence electrons. The molecule has 0 aliphatic carbocycles. The van der Waals surface area contributed by atoms with E-state index in [1.165, 1.54) is 0 Å². The second kappa shape index (κ2) is 9.89. The Hall–Kier alpha value is 0.708. The van der Waals surface area contributed by atoms with Gasteiger partial charge in [-0.2, -0.15) is 0 Å². The summed E-state index contributed by atoms with van der Waals surface area (Å²) in [5, 5.41) is -0.00111. The van der Waals surface area contributed by atoms with Crippen molar-refractivity contribution in [3.05, 3.63) is 0 Å². The first-order valence-corrected chi connectivity index (χ1v) is 23.5. The predicted octanol–water partition coefficient (Wildman–Crippen LogP) is 6.32. The van der Waals surface area contributed by atoms with Crippen LogP contribution in [0.25, 0.3) is 0 Å². The summed E-state index contributed by atoms with van der Waals surface area (Å²) in [6, 6.07) is 1.10. The maximum Gasteiger partial charge on any atom is 0.211 e. The van der Waals surface area contributed by atoms with E-state index in [9.17, 15) is 0 Å². The van der Waals surface area contributed by atoms with Crippen LogP contribution in [0, 0.1) is 0 Å². The molecule has 0 aliphatic rings. The van der Waals surface area contributed by atoms with Gasteiger partial charge in [-0.15, -0.1) is 0 Å². The molecular formula is C20H51NO3Si4. The Labute approximate surface area is 180 Å². The summed E-state index contributed by atoms with van der Waals surface area (Å²) < 4.78 is 20.3. The van der Waals surface area contributed by atoms with Crippen LogP contribution in [0.5, 0.6) is 0 Å². The SMILES string of the molecule is CCC(C)(C(C)(C)O[Si](C)(C)CO[Si](C)(C)C)[Si](C)(CCCN)O[Si](C)(C)C. The molecular weight excluding hydrogens is 415 g/mol. The highest BCUT2D eigenvalue weighted by molar-refractivity contribution is 6.86. The Kier molecular flexibility index (Phi) is 10.1. The standard InChI is InChI=1S/C20H51NO3Si4/c1-14-20(4,28(13,17-15-16-21)24-26(8,9)10)19(2,3)23-27(11,12)18-22-25(5,6)7/h14-18,21H2,1-13H3. The average molecular weight is 466 g/mol. The molecule has 0 spiro atoms. The fourth-order valence-electron chi connectivity index (χ4n) is 4.21. The summed E-state index contributed by atoms with van der Waals surface area (Å²) in [6.45, 7) is 30.7. The van der Waals surface area contributed by atoms with Gasteiger partial charge in [0, 0.05) is 5.04 Å². The van der Waals surface area contributed by atoms with Gasteiger partial charge < -0.3 is 18.7 Å². The van der Waals surface area contributed by atoms with Gasteiger partial charge in [0.2, 0.25) is 8.32 Å². The van der Waals surface area contributed by atoms with Crippen LogP contribution < -0.4 is 5.73 Å². The van der Waals surface area contributed by atoms with Gasteiger partial charge in [0.1, 0.15) is 0 Å². The number of hydrogen-bond donors (Lipinski definition) is 1. The van der Waals surface area contributed by atoms with Crippen molar-refractivity contribution in [2.45, 2.75) is 116 Å². The highest BCUT2D eigenvalue weighted by atomic mass is 28.4. The topological polar surface area (TPSA) is 53.7 Å². The van der Waals surface area contributed by atoms with Crippen molar-refractivity contribution in [1.29, 1.82) is 0 Å². The van der Waals surface area contributed by atoms with Crippen molar-refractivity contribution in [2.24, 2.45) is 5.73 Å². The zero-order chi connectivity index (χ0) is 22.7. The zero-order valence-electron chi connectivity index (χ0n) is 21.3. The minimum Gasteiger partial charge on any atom is -0.455 e. The Morgan fingerprint density at radius 2 is 1.32 bits per heavy atom. The van der Waals surface area contributed by atoms with Crippen LogP contribution in [0.3, 0.4) is 0 Å². The third-order valence-corrected chi connectivity index (χ3v) is 18.0. The molecule has 0 amide bonds. The van der Waals surface area contributed by atoms with E-state index >= 15 is 0 Å². The minimum absolute atomic E-state index is 0.00111. The minimum atomic E-state index is -2.11. The molecule has 0 aromatic carbocycles. The average Bonchev–Trinajstić information content (AvgIpc) is 2.46. The first kappa shape index (κ1) is 28.7. The van der Waals surface area contributed by atoms with Crippen LogP contribution in [-0.2, 0) is 13.0 Å². The molecule has 2 atom stereocenters. The molecule has 2 N–H and O–H groups in total. The number of hydrogen-bond acceptors (Lipinski definition) is 4. The molecule has 0 aliphatic heterocycles. The molecule has 28 heavy (non-hydrogen) atoms. The monoisotopic (exact) mass is 465 g/mol. The lowest BCUT2D eigenvalue weighted by molar-refractivity contribution is 0.0350. The zero-order valence-corrected chi connectivity index (χ0v) is 25.3. The highest BCUT2D eigenvalue weighted by Gasteiger charge is 2.58. The molecule has 0 aromatic heterocycles. The number of nitrogens with two attached hydrogens (primary N) is 1. The van der Waals surface area contributed by atoms with E-state index in [1.54, 1.807) is 0 Å². The third kappa shape index (κ3) is 8.45. The van der Waals surface area contributed by atoms with Gasteiger partial charge in [-0.3, -0.25) is 0 Å². The lowest BCUT2D eigenvalue weighted by Crippen LogP contribution is -2.62. The van der Waals surface area contributed by atoms with Crippen LogP contribution in [0.4, 0.5) is 0 Å². The van der Waals surface area contributed by atoms with Gasteiger partial charge in [-0.25, -0.2) is 0 Å². The highest BCUT2D eigenvalue weighted by Crippen LogP contribution is 2.55. The van der Waals surface area contributed by atoms with E-state index in [2.05, 4.69) is 86.6 Å². The van der Waals surface area contributed by atoms with Gasteiger partial charge in [0.25, 0.3) is 0 Å². The second-order valence-corrected chi connectivity index (χ2v) is 29.4. The van der Waals surface area contributed by atoms with Gasteiger partial charge in [0.05, 0.1) is 11.8 Å². The molecule has 0 fully saturated rings. The van der Waals surface area contributed by atoms with Gasteiger partial charge in [-0.05, 0) is 98.2 Å². The van der Waals surface area contributed by atoms with Crippen molar-refractivity contribution in [3.8, 4) is 0 Å². The normalized spacial score (nSPS) is 18.6. The summed E-state index contributed by atoms with van der Waals surface area (Å²) in [4.78, 5) is 0. The first-order valence-electron chi connectivity index (χ1n) is 11.0. The van der Waals surface area contributed by atoms with Crippen molar-refractivity contribution in [3.63, 3.8) is 0 Å². The quantitative estimate of drug-likeness (QED) is 0.323. The van der Waals surface area contributed by atoms with Crippen LogP contribution >= 0.6 is 0 Å². The molecule has 0 heterocycles. The lowest BCUT2D eigenvalue weighted by Gasteiger charge is -2.57. The van der Waals surface area contributed by atoms with Gasteiger partial charge in [0.15, 0.2) is 25.0 Å². The summed E-state index contributed by atoms with van der Waals surface area (Å²) in [5.74, 6) is 0. The van der Waals surface area contributed by atoms with E-state index in [1.807, 2.05) is 0 Å². The fraction of sp³-hybridized carbons (Fsp3) is 1.00. The van der Waals surface area contributed by atoms with E-state index in [0.717, 1.165) is 31.7 Å². The van der Waals surface area contributed by atoms with Gasteiger partial charge in [-0.1, -0.05) is 13.8 Å². The van der Waals surface area contributed by atoms with E-state index in [0.29, 0.717) is 0 Å². The van der Waals surface area contributed by atoms with Crippen molar-refractivity contribution in [1.82, 2.24) is 0 Å². The summed E-state index contributed by atoms with van der Waals surface area (Å²) in [7, 11) is -7.33. The van der Waals surface area contributed by atoms with Crippen LogP contribution in [0.1, 0.15) is 40.5 Å². The molecule has 2 unspecified atom stereocenters. The molecule has 0 rings (SSSR count). The smallest absolute Gasteiger partial charge is 0.211 e. The lowest BCUT2D eigenvalue weighted by atomic mass is 9.89. The predicted molar refractivity (Wildman–Crippen MR) is 135 cm³/mol. The van der Waals surface area contributed by atoms with E-state index in [4.69, 9.17) is 18.7 Å². The Bertz CT molecular complexity index is 489. The van der Waals surface area contributed by atoms with E-state index < -0.39 is 33.3 Å². The maximum atomic E-state index is 7.03.